The monoisotopic (exact) mass is 831 g/mol. The van der Waals surface area contributed by atoms with E-state index >= 15 is 0 Å². The molecule has 13 rings (SSSR count). The van der Waals surface area contributed by atoms with Crippen LogP contribution in [0, 0.1) is 0 Å². The molecule has 1 aliphatic carbocycles. The first kappa shape index (κ1) is 37.2. The van der Waals surface area contributed by atoms with E-state index in [1.165, 1.54) is 44.3 Å². The van der Waals surface area contributed by atoms with E-state index in [1.807, 2.05) is 18.2 Å². The van der Waals surface area contributed by atoms with Gasteiger partial charge < -0.3 is 4.57 Å². The fraction of sp³-hybridized carbons (Fsp3) is 0.0500. The van der Waals surface area contributed by atoms with Crippen molar-refractivity contribution in [2.75, 3.05) is 0 Å². The van der Waals surface area contributed by atoms with Crippen LogP contribution < -0.4 is 0 Å². The number of benzene rings is 9. The molecule has 0 saturated carbocycles. The van der Waals surface area contributed by atoms with Crippen LogP contribution in [-0.2, 0) is 5.41 Å². The van der Waals surface area contributed by atoms with Crippen molar-refractivity contribution in [2.45, 2.75) is 19.3 Å². The third kappa shape index (κ3) is 5.68. The second-order valence-corrected chi connectivity index (χ2v) is 17.6. The van der Waals surface area contributed by atoms with Crippen molar-refractivity contribution in [1.82, 2.24) is 24.1 Å². The zero-order valence-corrected chi connectivity index (χ0v) is 35.9. The molecule has 5 nitrogen and oxygen atoms in total. The quantitative estimate of drug-likeness (QED) is 0.168. The third-order valence-corrected chi connectivity index (χ3v) is 13.6. The van der Waals surface area contributed by atoms with E-state index in [9.17, 15) is 0 Å². The highest BCUT2D eigenvalue weighted by Gasteiger charge is 2.35. The Labute approximate surface area is 376 Å². The predicted molar refractivity (Wildman–Crippen MR) is 268 cm³/mol. The second-order valence-electron chi connectivity index (χ2n) is 17.6. The molecule has 0 fully saturated rings. The van der Waals surface area contributed by atoms with E-state index < -0.39 is 0 Å². The lowest BCUT2D eigenvalue weighted by molar-refractivity contribution is 0.660. The Morgan fingerprint density at radius 1 is 0.338 bits per heavy atom. The van der Waals surface area contributed by atoms with Crippen LogP contribution in [0.2, 0.25) is 0 Å². The molecule has 3 heterocycles. The van der Waals surface area contributed by atoms with Crippen LogP contribution in [0.3, 0.4) is 0 Å². The highest BCUT2D eigenvalue weighted by Crippen LogP contribution is 2.50. The summed E-state index contributed by atoms with van der Waals surface area (Å²) in [7, 11) is 0. The van der Waals surface area contributed by atoms with E-state index in [0.717, 1.165) is 60.6 Å². The van der Waals surface area contributed by atoms with Gasteiger partial charge in [-0.1, -0.05) is 196 Å². The molecular weight excluding hydrogens is 791 g/mol. The van der Waals surface area contributed by atoms with Gasteiger partial charge in [0.15, 0.2) is 11.6 Å². The number of nitrogens with zero attached hydrogens (tertiary/aromatic N) is 5. The largest absolute Gasteiger partial charge is 0.307 e. The minimum Gasteiger partial charge on any atom is -0.307 e. The van der Waals surface area contributed by atoms with Gasteiger partial charge in [-0.3, -0.25) is 4.57 Å². The zero-order valence-electron chi connectivity index (χ0n) is 35.9. The van der Waals surface area contributed by atoms with Gasteiger partial charge in [0.25, 0.3) is 0 Å². The van der Waals surface area contributed by atoms with Gasteiger partial charge in [-0.15, -0.1) is 0 Å². The van der Waals surface area contributed by atoms with Crippen molar-refractivity contribution in [3.8, 4) is 67.8 Å². The second kappa shape index (κ2) is 14.3. The Kier molecular flexibility index (Phi) is 8.18. The topological polar surface area (TPSA) is 48.5 Å². The van der Waals surface area contributed by atoms with Crippen LogP contribution in [-0.4, -0.2) is 24.1 Å². The van der Waals surface area contributed by atoms with Crippen molar-refractivity contribution in [1.29, 1.82) is 0 Å². The molecule has 0 bridgehead atoms. The Morgan fingerprint density at radius 3 is 1.54 bits per heavy atom. The highest BCUT2D eigenvalue weighted by molar-refractivity contribution is 6.23. The van der Waals surface area contributed by atoms with Crippen LogP contribution in [0.4, 0.5) is 0 Å². The molecule has 0 spiro atoms. The molecule has 12 aromatic rings. The number of hydrogen-bond acceptors (Lipinski definition) is 3. The van der Waals surface area contributed by atoms with E-state index in [0.29, 0.717) is 17.6 Å². The summed E-state index contributed by atoms with van der Waals surface area (Å²) in [6.45, 7) is 4.63. The Hall–Kier alpha value is -8.41. The number of aromatic nitrogens is 5. The van der Waals surface area contributed by atoms with Gasteiger partial charge in [0.05, 0.1) is 22.1 Å². The van der Waals surface area contributed by atoms with Gasteiger partial charge in [0.2, 0.25) is 5.95 Å². The number of fused-ring (bicyclic) bond motifs is 10. The molecule has 5 heteroatoms. The summed E-state index contributed by atoms with van der Waals surface area (Å²) in [6, 6.07) is 76.1. The summed E-state index contributed by atoms with van der Waals surface area (Å²) in [5.74, 6) is 1.81. The number of hydrogen-bond donors (Lipinski definition) is 0. The molecule has 0 atom stereocenters. The standard InChI is InChI=1S/C60H41N5/c1-60(2)51-27-15-12-24-44(51)50-36-41(30-35-52(50)60)58-61-57(40-22-10-5-11-23-40)62-59(63-58)65-54-29-17-14-26-46(54)48-34-33-47-45-25-13-16-28-53(45)64(55(47)56(48)65)42-31-32-43(38-18-6-3-7-19-38)49(37-42)39-20-8-4-9-21-39/h3-37H,1-2H3. The minimum absolute atomic E-state index is 0.111. The molecule has 1 aliphatic rings. The van der Waals surface area contributed by atoms with Crippen molar-refractivity contribution in [3.63, 3.8) is 0 Å². The fourth-order valence-corrected chi connectivity index (χ4v) is 10.5. The van der Waals surface area contributed by atoms with Crippen LogP contribution in [0.15, 0.2) is 212 Å². The van der Waals surface area contributed by atoms with Gasteiger partial charge in [-0.05, 0) is 74.8 Å². The molecule has 0 unspecified atom stereocenters. The lowest BCUT2D eigenvalue weighted by atomic mass is 9.82. The Morgan fingerprint density at radius 2 is 0.862 bits per heavy atom. The van der Waals surface area contributed by atoms with Crippen molar-refractivity contribution >= 4 is 43.6 Å². The normalized spacial score (nSPS) is 12.9. The molecule has 65 heavy (non-hydrogen) atoms. The SMILES string of the molecule is CC1(C)c2ccccc2-c2cc(-c3nc(-c4ccccc4)nc(-n4c5ccccc5c5ccc6c7ccccc7n(-c7ccc(-c8ccccc8)c(-c8ccccc8)c7)c6c54)n3)ccc21. The fourth-order valence-electron chi connectivity index (χ4n) is 10.5. The van der Waals surface area contributed by atoms with E-state index in [2.05, 4.69) is 217 Å². The van der Waals surface area contributed by atoms with Gasteiger partial charge >= 0.3 is 0 Å². The summed E-state index contributed by atoms with van der Waals surface area (Å²) in [5.41, 5.74) is 16.9. The summed E-state index contributed by atoms with van der Waals surface area (Å²) in [5, 5.41) is 4.59. The van der Waals surface area contributed by atoms with E-state index in [1.54, 1.807) is 0 Å². The molecule has 3 aromatic heterocycles. The average Bonchev–Trinajstić information content (AvgIpc) is 3.97. The summed E-state index contributed by atoms with van der Waals surface area (Å²) >= 11 is 0. The van der Waals surface area contributed by atoms with Crippen LogP contribution in [0.1, 0.15) is 25.0 Å². The van der Waals surface area contributed by atoms with E-state index in [-0.39, 0.29) is 5.41 Å². The van der Waals surface area contributed by atoms with Crippen LogP contribution in [0.5, 0.6) is 0 Å². The van der Waals surface area contributed by atoms with Crippen molar-refractivity contribution in [2.24, 2.45) is 0 Å². The lowest BCUT2D eigenvalue weighted by Gasteiger charge is -2.21. The Bertz CT molecular complexity index is 3840. The molecule has 306 valence electrons. The molecule has 9 aromatic carbocycles. The smallest absolute Gasteiger partial charge is 0.238 e. The number of para-hydroxylation sites is 2. The van der Waals surface area contributed by atoms with Crippen molar-refractivity contribution < 1.29 is 0 Å². The molecule has 0 amide bonds. The molecular formula is C60H41N5. The predicted octanol–water partition coefficient (Wildman–Crippen LogP) is 15.0. The van der Waals surface area contributed by atoms with Crippen LogP contribution in [0.25, 0.3) is 111 Å². The molecule has 0 aliphatic heterocycles. The average molecular weight is 832 g/mol. The van der Waals surface area contributed by atoms with Gasteiger partial charge in [0.1, 0.15) is 0 Å². The summed E-state index contributed by atoms with van der Waals surface area (Å²) < 4.78 is 4.73. The van der Waals surface area contributed by atoms with Gasteiger partial charge in [-0.25, -0.2) is 4.98 Å². The first-order valence-electron chi connectivity index (χ1n) is 22.3. The summed E-state index contributed by atoms with van der Waals surface area (Å²) in [6.07, 6.45) is 0. The number of rotatable bonds is 6. The lowest BCUT2D eigenvalue weighted by Crippen LogP contribution is -2.14. The highest BCUT2D eigenvalue weighted by atomic mass is 15.2. The van der Waals surface area contributed by atoms with Crippen molar-refractivity contribution in [3.05, 3.63) is 223 Å². The van der Waals surface area contributed by atoms with E-state index in [4.69, 9.17) is 15.0 Å². The zero-order chi connectivity index (χ0) is 43.2. The Balaban J connectivity index is 1.12. The maximum Gasteiger partial charge on any atom is 0.238 e. The van der Waals surface area contributed by atoms with Crippen LogP contribution >= 0.6 is 0 Å². The minimum atomic E-state index is -0.111. The maximum absolute atomic E-state index is 5.48. The molecule has 0 radical (unpaired) electrons. The van der Waals surface area contributed by atoms with Gasteiger partial charge in [0, 0.05) is 43.8 Å². The maximum atomic E-state index is 5.48. The molecule has 0 saturated heterocycles. The first-order chi connectivity index (χ1) is 32.0. The first-order valence-corrected chi connectivity index (χ1v) is 22.3. The van der Waals surface area contributed by atoms with Gasteiger partial charge in [-0.2, -0.15) is 9.97 Å². The molecule has 0 N–H and O–H groups in total. The summed E-state index contributed by atoms with van der Waals surface area (Å²) in [4.78, 5) is 16.1. The third-order valence-electron chi connectivity index (χ3n) is 13.6.